The molecule has 0 saturated heterocycles. The highest BCUT2D eigenvalue weighted by Gasteiger charge is 2.19. The molecule has 162 valence electrons. The van der Waals surface area contributed by atoms with Gasteiger partial charge in [0.25, 0.3) is 5.91 Å². The lowest BCUT2D eigenvalue weighted by Gasteiger charge is -2.14. The molecule has 3 rings (SSSR count). The molecule has 2 N–H and O–H groups in total. The number of rotatable bonds is 7. The van der Waals surface area contributed by atoms with Gasteiger partial charge in [-0.05, 0) is 49.4 Å². The fourth-order valence-electron chi connectivity index (χ4n) is 2.67. The van der Waals surface area contributed by atoms with Gasteiger partial charge in [0.2, 0.25) is 5.91 Å². The molecule has 0 bridgehead atoms. The van der Waals surface area contributed by atoms with Crippen LogP contribution in [0, 0.1) is 5.82 Å². The summed E-state index contributed by atoms with van der Waals surface area (Å²) in [6.45, 7) is 1.77. The summed E-state index contributed by atoms with van der Waals surface area (Å²) in [6.07, 6.45) is 0. The van der Waals surface area contributed by atoms with Gasteiger partial charge in [-0.25, -0.2) is 4.39 Å². The normalized spacial score (nSPS) is 11.8. The zero-order valence-electron chi connectivity index (χ0n) is 16.5. The van der Waals surface area contributed by atoms with Gasteiger partial charge < -0.3 is 15.2 Å². The quantitative estimate of drug-likeness (QED) is 0.485. The molecule has 0 aliphatic carbocycles. The van der Waals surface area contributed by atoms with Gasteiger partial charge in [0.1, 0.15) is 5.82 Å². The third-order valence-electron chi connectivity index (χ3n) is 4.25. The van der Waals surface area contributed by atoms with Crippen LogP contribution in [0.4, 0.5) is 10.1 Å². The second-order valence-corrected chi connectivity index (χ2v) is 8.32. The molecular weight excluding hydrogens is 464 g/mol. The third-order valence-corrected chi connectivity index (χ3v) is 6.00. The minimum atomic E-state index is -0.443. The Bertz CT molecular complexity index is 1110. The lowest BCUT2D eigenvalue weighted by molar-refractivity contribution is -0.113. The molecule has 7 nitrogen and oxygen atoms in total. The number of hydrogen-bond acceptors (Lipinski definition) is 5. The van der Waals surface area contributed by atoms with Crippen LogP contribution in [0.3, 0.4) is 0 Å². The van der Waals surface area contributed by atoms with Gasteiger partial charge >= 0.3 is 0 Å². The van der Waals surface area contributed by atoms with E-state index in [0.29, 0.717) is 32.3 Å². The molecule has 1 atom stereocenters. The number of thioether (sulfide) groups is 1. The van der Waals surface area contributed by atoms with Gasteiger partial charge in [-0.3, -0.25) is 9.59 Å². The van der Waals surface area contributed by atoms with Crippen molar-refractivity contribution in [2.75, 3.05) is 11.1 Å². The fourth-order valence-corrected chi connectivity index (χ4v) is 3.69. The van der Waals surface area contributed by atoms with E-state index in [9.17, 15) is 14.0 Å². The molecule has 0 fully saturated rings. The molecule has 11 heteroatoms. The summed E-state index contributed by atoms with van der Waals surface area (Å²) in [6, 6.07) is 9.68. The van der Waals surface area contributed by atoms with E-state index in [1.165, 1.54) is 42.1 Å². The average molecular weight is 482 g/mol. The van der Waals surface area contributed by atoms with Crippen molar-refractivity contribution in [2.45, 2.75) is 18.1 Å². The predicted molar refractivity (Wildman–Crippen MR) is 119 cm³/mol. The summed E-state index contributed by atoms with van der Waals surface area (Å²) >= 11 is 13.0. The molecule has 2 aromatic carbocycles. The number of nitrogens with zero attached hydrogens (tertiary/aromatic N) is 3. The number of hydrogen-bond donors (Lipinski definition) is 2. The topological polar surface area (TPSA) is 88.9 Å². The molecule has 0 spiro atoms. The average Bonchev–Trinajstić information content (AvgIpc) is 3.10. The zero-order valence-corrected chi connectivity index (χ0v) is 18.9. The van der Waals surface area contributed by atoms with Crippen LogP contribution in [-0.4, -0.2) is 32.3 Å². The summed E-state index contributed by atoms with van der Waals surface area (Å²) in [5.41, 5.74) is 0.875. The van der Waals surface area contributed by atoms with Crippen molar-refractivity contribution in [1.29, 1.82) is 0 Å². The molecule has 1 aromatic heterocycles. The number of carbonyl (C=O) groups excluding carboxylic acids is 2. The maximum Gasteiger partial charge on any atom is 0.251 e. The van der Waals surface area contributed by atoms with Gasteiger partial charge in [-0.1, -0.05) is 35.0 Å². The first-order valence-corrected chi connectivity index (χ1v) is 10.8. The maximum atomic E-state index is 12.9. The van der Waals surface area contributed by atoms with E-state index in [1.807, 2.05) is 0 Å². The van der Waals surface area contributed by atoms with Gasteiger partial charge in [-0.15, -0.1) is 10.2 Å². The highest BCUT2D eigenvalue weighted by molar-refractivity contribution is 7.99. The Labute approximate surface area is 192 Å². The van der Waals surface area contributed by atoms with Crippen LogP contribution in [0.25, 0.3) is 0 Å². The van der Waals surface area contributed by atoms with Crippen LogP contribution in [0.1, 0.15) is 29.1 Å². The first kappa shape index (κ1) is 23.1. The van der Waals surface area contributed by atoms with Crippen molar-refractivity contribution < 1.29 is 14.0 Å². The van der Waals surface area contributed by atoms with Crippen molar-refractivity contribution in [1.82, 2.24) is 20.1 Å². The van der Waals surface area contributed by atoms with Crippen LogP contribution in [0.15, 0.2) is 47.6 Å². The smallest absolute Gasteiger partial charge is 0.251 e. The molecule has 3 aromatic rings. The van der Waals surface area contributed by atoms with Crippen molar-refractivity contribution in [3.8, 4) is 0 Å². The molecule has 0 radical (unpaired) electrons. The minimum Gasteiger partial charge on any atom is -0.342 e. The second kappa shape index (κ2) is 10.1. The van der Waals surface area contributed by atoms with Crippen LogP contribution in [0.2, 0.25) is 10.0 Å². The lowest BCUT2D eigenvalue weighted by atomic mass is 10.2. The van der Waals surface area contributed by atoms with Crippen molar-refractivity contribution >= 4 is 52.5 Å². The van der Waals surface area contributed by atoms with E-state index < -0.39 is 6.04 Å². The van der Waals surface area contributed by atoms with E-state index in [1.54, 1.807) is 30.7 Å². The van der Waals surface area contributed by atoms with Crippen LogP contribution < -0.4 is 10.6 Å². The van der Waals surface area contributed by atoms with Gasteiger partial charge in [0.05, 0.1) is 21.8 Å². The third kappa shape index (κ3) is 5.96. The Balaban J connectivity index is 1.58. The second-order valence-electron chi connectivity index (χ2n) is 6.57. The molecule has 31 heavy (non-hydrogen) atoms. The highest BCUT2D eigenvalue weighted by Crippen LogP contribution is 2.23. The summed E-state index contributed by atoms with van der Waals surface area (Å²) in [4.78, 5) is 24.6. The Kier molecular flexibility index (Phi) is 7.53. The largest absolute Gasteiger partial charge is 0.342 e. The number of amides is 2. The van der Waals surface area contributed by atoms with E-state index in [2.05, 4.69) is 20.8 Å². The van der Waals surface area contributed by atoms with Crippen LogP contribution in [0.5, 0.6) is 0 Å². The molecule has 0 unspecified atom stereocenters. The number of halogens is 3. The molecule has 2 amide bonds. The molecular formula is C20H18Cl2FN5O2S. The van der Waals surface area contributed by atoms with Crippen molar-refractivity contribution in [3.05, 3.63) is 69.7 Å². The maximum absolute atomic E-state index is 12.9. The minimum absolute atomic E-state index is 0.0906. The first-order chi connectivity index (χ1) is 14.7. The SMILES string of the molecule is C[C@@H](NC(=O)c1ccc(Cl)c(Cl)c1)c1nnc(SCC(=O)Nc2ccc(F)cc2)n1C. The van der Waals surface area contributed by atoms with E-state index in [-0.39, 0.29) is 23.4 Å². The number of carbonyl (C=O) groups is 2. The Morgan fingerprint density at radius 3 is 2.52 bits per heavy atom. The van der Waals surface area contributed by atoms with Crippen molar-refractivity contribution in [3.63, 3.8) is 0 Å². The molecule has 0 aliphatic heterocycles. The number of aromatic nitrogens is 3. The Hall–Kier alpha value is -2.62. The summed E-state index contributed by atoms with van der Waals surface area (Å²) < 4.78 is 14.6. The molecule has 1 heterocycles. The Morgan fingerprint density at radius 1 is 1.13 bits per heavy atom. The fraction of sp³-hybridized carbons (Fsp3) is 0.200. The highest BCUT2D eigenvalue weighted by atomic mass is 35.5. The number of anilines is 1. The molecule has 0 saturated carbocycles. The first-order valence-electron chi connectivity index (χ1n) is 9.08. The monoisotopic (exact) mass is 481 g/mol. The van der Waals surface area contributed by atoms with Gasteiger partial charge in [0.15, 0.2) is 11.0 Å². The summed E-state index contributed by atoms with van der Waals surface area (Å²) in [7, 11) is 1.75. The number of nitrogens with one attached hydrogen (secondary N) is 2. The van der Waals surface area contributed by atoms with Crippen molar-refractivity contribution in [2.24, 2.45) is 7.05 Å². The standard InChI is InChI=1S/C20H18Cl2FN5O2S/c1-11(24-19(30)12-3-8-15(21)16(22)9-12)18-26-27-20(28(18)2)31-10-17(29)25-14-6-4-13(23)5-7-14/h3-9,11H,10H2,1-2H3,(H,24,30)(H,25,29)/t11-/m1/s1. The Morgan fingerprint density at radius 2 is 1.84 bits per heavy atom. The zero-order chi connectivity index (χ0) is 22.5. The van der Waals surface area contributed by atoms with E-state index >= 15 is 0 Å². The van der Waals surface area contributed by atoms with Crippen LogP contribution >= 0.6 is 35.0 Å². The lowest BCUT2D eigenvalue weighted by Crippen LogP contribution is -2.28. The summed E-state index contributed by atoms with van der Waals surface area (Å²) in [5.74, 6) is -0.355. The predicted octanol–water partition coefficient (Wildman–Crippen LogP) is 4.48. The number of benzene rings is 2. The van der Waals surface area contributed by atoms with E-state index in [0.717, 1.165) is 0 Å². The van der Waals surface area contributed by atoms with Gasteiger partial charge in [-0.2, -0.15) is 0 Å². The van der Waals surface area contributed by atoms with Crippen LogP contribution in [-0.2, 0) is 11.8 Å². The van der Waals surface area contributed by atoms with Gasteiger partial charge in [0, 0.05) is 18.3 Å². The van der Waals surface area contributed by atoms with E-state index in [4.69, 9.17) is 23.2 Å². The molecule has 0 aliphatic rings. The summed E-state index contributed by atoms with van der Waals surface area (Å²) in [5, 5.41) is 14.9.